The summed E-state index contributed by atoms with van der Waals surface area (Å²) in [5.74, 6) is 0.827. The van der Waals surface area contributed by atoms with Gasteiger partial charge in [-0.3, -0.25) is 9.69 Å². The van der Waals surface area contributed by atoms with Crippen LogP contribution in [0.2, 0.25) is 0 Å². The van der Waals surface area contributed by atoms with Gasteiger partial charge in [-0.15, -0.1) is 0 Å². The lowest BCUT2D eigenvalue weighted by atomic mass is 9.76. The van der Waals surface area contributed by atoms with Crippen molar-refractivity contribution in [1.29, 1.82) is 0 Å². The Bertz CT molecular complexity index is 902. The maximum atomic E-state index is 13.3. The molecular formula is C24H29IN2O3. The van der Waals surface area contributed by atoms with E-state index in [1.807, 2.05) is 24.3 Å². The highest BCUT2D eigenvalue weighted by Gasteiger charge is 2.49. The molecule has 2 N–H and O–H groups in total. The number of piperidine rings is 1. The normalized spacial score (nSPS) is 25.8. The molecule has 2 aromatic carbocycles. The number of hydrogen-bond acceptors (Lipinski definition) is 5. The van der Waals surface area contributed by atoms with Crippen LogP contribution in [0.1, 0.15) is 36.3 Å². The van der Waals surface area contributed by atoms with Gasteiger partial charge in [0.1, 0.15) is 5.75 Å². The van der Waals surface area contributed by atoms with Gasteiger partial charge in [0.25, 0.3) is 0 Å². The fourth-order valence-corrected chi connectivity index (χ4v) is 5.65. The van der Waals surface area contributed by atoms with Gasteiger partial charge in [0.15, 0.2) is 0 Å². The van der Waals surface area contributed by atoms with Crippen molar-refractivity contribution >= 4 is 34.2 Å². The second-order valence-electron chi connectivity index (χ2n) is 8.38. The molecule has 5 nitrogen and oxygen atoms in total. The molecule has 2 aliphatic rings. The van der Waals surface area contributed by atoms with Gasteiger partial charge in [-0.25, -0.2) is 0 Å². The van der Waals surface area contributed by atoms with Crippen LogP contribution in [-0.2, 0) is 16.0 Å². The van der Waals surface area contributed by atoms with Crippen LogP contribution in [0, 0.1) is 9.49 Å². The second-order valence-corrected chi connectivity index (χ2v) is 9.54. The summed E-state index contributed by atoms with van der Waals surface area (Å²) in [6.07, 6.45) is 3.91. The summed E-state index contributed by atoms with van der Waals surface area (Å²) in [7, 11) is 3.83. The summed E-state index contributed by atoms with van der Waals surface area (Å²) >= 11 is 2.23. The molecule has 4 rings (SSSR count). The van der Waals surface area contributed by atoms with Crippen molar-refractivity contribution in [3.05, 3.63) is 57.2 Å². The fraction of sp³-hybridized carbons (Fsp3) is 0.458. The molecular weight excluding hydrogens is 491 g/mol. The van der Waals surface area contributed by atoms with Crippen molar-refractivity contribution in [2.24, 2.45) is 5.92 Å². The molecule has 4 atom stereocenters. The van der Waals surface area contributed by atoms with E-state index in [4.69, 9.17) is 15.2 Å². The van der Waals surface area contributed by atoms with Crippen LogP contribution >= 0.6 is 22.6 Å². The molecule has 2 heterocycles. The fourth-order valence-electron chi connectivity index (χ4n) is 5.07. The lowest BCUT2D eigenvalue weighted by molar-refractivity contribution is -0.153. The van der Waals surface area contributed by atoms with Crippen molar-refractivity contribution < 1.29 is 14.3 Å². The molecule has 0 aliphatic carbocycles. The minimum atomic E-state index is -0.131. The topological polar surface area (TPSA) is 64.8 Å². The van der Waals surface area contributed by atoms with Gasteiger partial charge in [0, 0.05) is 33.7 Å². The zero-order valence-electron chi connectivity index (χ0n) is 17.5. The highest BCUT2D eigenvalue weighted by Crippen LogP contribution is 2.46. The maximum absolute atomic E-state index is 13.3. The highest BCUT2D eigenvalue weighted by atomic mass is 127. The van der Waals surface area contributed by atoms with Gasteiger partial charge in [0.2, 0.25) is 0 Å². The van der Waals surface area contributed by atoms with Gasteiger partial charge in [-0.2, -0.15) is 0 Å². The Kier molecular flexibility index (Phi) is 6.53. The van der Waals surface area contributed by atoms with E-state index >= 15 is 0 Å². The van der Waals surface area contributed by atoms with Crippen molar-refractivity contribution in [2.45, 2.75) is 43.7 Å². The number of methoxy groups -OCH3 is 1. The van der Waals surface area contributed by atoms with E-state index in [9.17, 15) is 4.79 Å². The zero-order valence-corrected chi connectivity index (χ0v) is 19.7. The first kappa shape index (κ1) is 21.4. The number of nitrogen functional groups attached to an aromatic ring is 1. The molecule has 6 heteroatoms. The van der Waals surface area contributed by atoms with Crippen molar-refractivity contribution in [2.75, 3.05) is 26.5 Å². The van der Waals surface area contributed by atoms with Crippen molar-refractivity contribution in [3.8, 4) is 5.75 Å². The minimum absolute atomic E-state index is 0.0711. The number of rotatable bonds is 6. The van der Waals surface area contributed by atoms with E-state index in [0.29, 0.717) is 19.1 Å². The number of carbonyl (C=O) groups excluding carboxylic acids is 1. The van der Waals surface area contributed by atoms with E-state index < -0.39 is 0 Å². The Morgan fingerprint density at radius 2 is 1.97 bits per heavy atom. The Morgan fingerprint density at radius 1 is 1.20 bits per heavy atom. The smallest absolute Gasteiger partial charge is 0.311 e. The van der Waals surface area contributed by atoms with Crippen LogP contribution in [0.25, 0.3) is 0 Å². The second kappa shape index (κ2) is 9.14. The molecule has 0 aromatic heterocycles. The third kappa shape index (κ3) is 4.30. The van der Waals surface area contributed by atoms with Crippen molar-refractivity contribution in [3.63, 3.8) is 0 Å². The first-order valence-electron chi connectivity index (χ1n) is 10.5. The molecule has 0 saturated carbocycles. The van der Waals surface area contributed by atoms with Gasteiger partial charge >= 0.3 is 5.97 Å². The SMILES string of the molecule is COc1ccc(C2C[C@H]3CCC(C2C(=O)OCCc2ccc(N)c(I)c2)N3C)cc1. The van der Waals surface area contributed by atoms with Crippen molar-refractivity contribution in [1.82, 2.24) is 4.90 Å². The summed E-state index contributed by atoms with van der Waals surface area (Å²) in [6, 6.07) is 14.9. The molecule has 3 unspecified atom stereocenters. The summed E-state index contributed by atoms with van der Waals surface area (Å²) in [6.45, 7) is 0.393. The van der Waals surface area contributed by atoms with Crippen LogP contribution in [0.4, 0.5) is 5.69 Å². The van der Waals surface area contributed by atoms with Gasteiger partial charge in [0.05, 0.1) is 19.6 Å². The first-order chi connectivity index (χ1) is 14.5. The van der Waals surface area contributed by atoms with Crippen LogP contribution in [0.15, 0.2) is 42.5 Å². The minimum Gasteiger partial charge on any atom is -0.497 e. The van der Waals surface area contributed by atoms with Crippen LogP contribution in [0.3, 0.4) is 0 Å². The molecule has 30 heavy (non-hydrogen) atoms. The predicted octanol–water partition coefficient (Wildman–Crippen LogP) is 4.23. The van der Waals surface area contributed by atoms with Gasteiger partial charge < -0.3 is 15.2 Å². The van der Waals surface area contributed by atoms with E-state index in [0.717, 1.165) is 39.8 Å². The Balaban J connectivity index is 1.47. The molecule has 160 valence electrons. The quantitative estimate of drug-likeness (QED) is 0.351. The molecule has 2 bridgehead atoms. The third-order valence-electron chi connectivity index (χ3n) is 6.78. The number of nitrogens with zero attached hydrogens (tertiary/aromatic N) is 1. The Labute approximate surface area is 192 Å². The lowest BCUT2D eigenvalue weighted by Gasteiger charge is -2.42. The monoisotopic (exact) mass is 520 g/mol. The standard InChI is InChI=1S/C24H29IN2O3/c1-27-17-6-10-22(27)23(19(14-17)16-4-7-18(29-2)8-5-16)24(28)30-12-11-15-3-9-21(26)20(25)13-15/h3-5,7-9,13,17,19,22-23H,6,10-12,14,26H2,1-2H3/t17-,19?,22?,23?/m1/s1. The molecule has 2 saturated heterocycles. The molecule has 0 amide bonds. The summed E-state index contributed by atoms with van der Waals surface area (Å²) in [5, 5.41) is 0. The highest BCUT2D eigenvalue weighted by molar-refractivity contribution is 14.1. The Morgan fingerprint density at radius 3 is 2.67 bits per heavy atom. The maximum Gasteiger partial charge on any atom is 0.311 e. The van der Waals surface area contributed by atoms with Crippen LogP contribution in [0.5, 0.6) is 5.75 Å². The summed E-state index contributed by atoms with van der Waals surface area (Å²) in [5.41, 5.74) is 9.01. The number of benzene rings is 2. The molecule has 2 aromatic rings. The molecule has 2 fully saturated rings. The van der Waals surface area contributed by atoms with Crippen LogP contribution in [-0.4, -0.2) is 43.7 Å². The predicted molar refractivity (Wildman–Crippen MR) is 127 cm³/mol. The number of ether oxygens (including phenoxy) is 2. The number of carbonyl (C=O) groups is 1. The van der Waals surface area contributed by atoms with E-state index in [1.165, 1.54) is 5.56 Å². The summed E-state index contributed by atoms with van der Waals surface area (Å²) < 4.78 is 12.2. The average molecular weight is 520 g/mol. The largest absolute Gasteiger partial charge is 0.497 e. The first-order valence-corrected chi connectivity index (χ1v) is 11.6. The Hall–Kier alpha value is -1.80. The zero-order chi connectivity index (χ0) is 21.3. The molecule has 2 aliphatic heterocycles. The number of hydrogen-bond donors (Lipinski definition) is 1. The van der Waals surface area contributed by atoms with E-state index in [-0.39, 0.29) is 23.8 Å². The molecule has 0 radical (unpaired) electrons. The number of fused-ring (bicyclic) bond motifs is 2. The number of nitrogens with two attached hydrogens (primary N) is 1. The van der Waals surface area contributed by atoms with Gasteiger partial charge in [-0.1, -0.05) is 18.2 Å². The molecule has 0 spiro atoms. The number of anilines is 1. The average Bonchev–Trinajstić information content (AvgIpc) is 2.98. The third-order valence-corrected chi connectivity index (χ3v) is 7.72. The van der Waals surface area contributed by atoms with Gasteiger partial charge in [-0.05, 0) is 84.3 Å². The summed E-state index contributed by atoms with van der Waals surface area (Å²) in [4.78, 5) is 15.7. The van der Waals surface area contributed by atoms with Crippen LogP contribution < -0.4 is 10.5 Å². The number of halogens is 1. The lowest BCUT2D eigenvalue weighted by Crippen LogP contribution is -2.49. The van der Waals surface area contributed by atoms with E-state index in [2.05, 4.69) is 52.7 Å². The van der Waals surface area contributed by atoms with E-state index in [1.54, 1.807) is 7.11 Å². The number of esters is 1.